The molecule has 0 fully saturated rings. The zero-order valence-electron chi connectivity index (χ0n) is 16.1. The Bertz CT molecular complexity index is 1330. The molecule has 1 heterocycles. The van der Waals surface area contributed by atoms with Crippen LogP contribution in [0, 0.1) is 0 Å². The van der Waals surface area contributed by atoms with Crippen LogP contribution in [0.1, 0.15) is 10.4 Å². The Hall–Kier alpha value is -4.02. The molecule has 3 aromatic carbocycles. The van der Waals surface area contributed by atoms with Crippen LogP contribution in [0.25, 0.3) is 11.1 Å². The minimum atomic E-state index is -3.79. The second-order valence-corrected chi connectivity index (χ2v) is 8.21. The molecule has 0 saturated heterocycles. The molecule has 0 aliphatic rings. The summed E-state index contributed by atoms with van der Waals surface area (Å²) in [6, 6.07) is 22.6. The highest BCUT2D eigenvalue weighted by atomic mass is 32.2. The molecule has 1 aromatic heterocycles. The van der Waals surface area contributed by atoms with Crippen molar-refractivity contribution in [2.45, 2.75) is 4.90 Å². The zero-order chi connectivity index (χ0) is 22.0. The number of aromatic nitrogens is 3. The maximum absolute atomic E-state index is 12.8. The van der Waals surface area contributed by atoms with Gasteiger partial charge in [-0.3, -0.25) is 4.79 Å². The SMILES string of the molecule is Nc1nc(Nc2ccc(S(N)(=O)=O)cc2)nn1C(=O)c1ccc(-c2ccccc2)cc1. The fourth-order valence-electron chi connectivity index (χ4n) is 2.94. The predicted molar refractivity (Wildman–Crippen MR) is 117 cm³/mol. The number of nitrogens with two attached hydrogens (primary N) is 2. The van der Waals surface area contributed by atoms with Crippen molar-refractivity contribution in [3.8, 4) is 11.1 Å². The monoisotopic (exact) mass is 434 g/mol. The summed E-state index contributed by atoms with van der Waals surface area (Å²) in [4.78, 5) is 16.8. The molecule has 0 bridgehead atoms. The lowest BCUT2D eigenvalue weighted by molar-refractivity contribution is 0.0948. The van der Waals surface area contributed by atoms with Gasteiger partial charge in [0.1, 0.15) is 0 Å². The van der Waals surface area contributed by atoms with Crippen molar-refractivity contribution in [2.24, 2.45) is 5.14 Å². The van der Waals surface area contributed by atoms with E-state index in [0.717, 1.165) is 15.8 Å². The van der Waals surface area contributed by atoms with E-state index in [4.69, 9.17) is 10.9 Å². The highest BCUT2D eigenvalue weighted by Crippen LogP contribution is 2.21. The normalized spacial score (nSPS) is 11.3. The van der Waals surface area contributed by atoms with E-state index in [9.17, 15) is 13.2 Å². The van der Waals surface area contributed by atoms with Gasteiger partial charge in [-0.25, -0.2) is 13.6 Å². The molecule has 156 valence electrons. The average Bonchev–Trinajstić information content (AvgIpc) is 3.13. The van der Waals surface area contributed by atoms with Crippen LogP contribution in [-0.2, 0) is 10.0 Å². The van der Waals surface area contributed by atoms with Gasteiger partial charge < -0.3 is 11.1 Å². The van der Waals surface area contributed by atoms with E-state index in [0.29, 0.717) is 11.3 Å². The standard InChI is InChI=1S/C21H18N6O3S/c22-20-25-21(24-17-10-12-18(13-11-17)31(23,29)30)26-27(20)19(28)16-8-6-15(7-9-16)14-4-2-1-3-5-14/h1-13H,(H2,23,29,30)(H3,22,24,25,26). The predicted octanol–water partition coefficient (Wildman–Crippen LogP) is 2.61. The number of nitrogens with one attached hydrogen (secondary N) is 1. The lowest BCUT2D eigenvalue weighted by Gasteiger charge is -2.05. The van der Waals surface area contributed by atoms with Crippen LogP contribution in [0.3, 0.4) is 0 Å². The zero-order valence-corrected chi connectivity index (χ0v) is 17.0. The first-order valence-electron chi connectivity index (χ1n) is 9.14. The molecule has 5 N–H and O–H groups in total. The van der Waals surface area contributed by atoms with Gasteiger partial charge in [-0.05, 0) is 47.5 Å². The average molecular weight is 434 g/mol. The number of hydrogen-bond donors (Lipinski definition) is 3. The summed E-state index contributed by atoms with van der Waals surface area (Å²) < 4.78 is 23.7. The third-order valence-corrected chi connectivity index (χ3v) is 5.43. The summed E-state index contributed by atoms with van der Waals surface area (Å²) in [7, 11) is -3.79. The number of rotatable bonds is 5. The molecule has 9 nitrogen and oxygen atoms in total. The van der Waals surface area contributed by atoms with Gasteiger partial charge in [0.2, 0.25) is 21.9 Å². The highest BCUT2D eigenvalue weighted by molar-refractivity contribution is 7.89. The number of primary sulfonamides is 1. The number of carbonyl (C=O) groups excluding carboxylic acids is 1. The van der Waals surface area contributed by atoms with Crippen molar-refractivity contribution in [3.05, 3.63) is 84.4 Å². The van der Waals surface area contributed by atoms with Crippen LogP contribution in [0.5, 0.6) is 0 Å². The van der Waals surface area contributed by atoms with Crippen LogP contribution < -0.4 is 16.2 Å². The highest BCUT2D eigenvalue weighted by Gasteiger charge is 2.16. The van der Waals surface area contributed by atoms with E-state index in [1.807, 2.05) is 42.5 Å². The summed E-state index contributed by atoms with van der Waals surface area (Å²) in [5.74, 6) is -0.418. The molecule has 10 heteroatoms. The first kappa shape index (κ1) is 20.3. The largest absolute Gasteiger partial charge is 0.368 e. The number of carbonyl (C=O) groups is 1. The first-order chi connectivity index (χ1) is 14.8. The number of sulfonamides is 1. The quantitative estimate of drug-likeness (QED) is 0.437. The summed E-state index contributed by atoms with van der Waals surface area (Å²) in [6.07, 6.45) is 0. The van der Waals surface area contributed by atoms with Crippen molar-refractivity contribution in [3.63, 3.8) is 0 Å². The van der Waals surface area contributed by atoms with Gasteiger partial charge in [-0.15, -0.1) is 5.10 Å². The van der Waals surface area contributed by atoms with Crippen LogP contribution in [0.2, 0.25) is 0 Å². The second kappa shape index (κ2) is 8.01. The number of benzene rings is 3. The lowest BCUT2D eigenvalue weighted by Crippen LogP contribution is -2.16. The van der Waals surface area contributed by atoms with Gasteiger partial charge in [-0.1, -0.05) is 42.5 Å². The molecule has 0 unspecified atom stereocenters. The Kier molecular flexibility index (Phi) is 5.24. The Labute approximate surface area is 178 Å². The van der Waals surface area contributed by atoms with Crippen LogP contribution in [0.15, 0.2) is 83.8 Å². The molecule has 4 rings (SSSR count). The fourth-order valence-corrected chi connectivity index (χ4v) is 3.46. The third-order valence-electron chi connectivity index (χ3n) is 4.50. The molecule has 0 spiro atoms. The first-order valence-corrected chi connectivity index (χ1v) is 10.7. The van der Waals surface area contributed by atoms with Crippen LogP contribution in [0.4, 0.5) is 17.6 Å². The van der Waals surface area contributed by atoms with E-state index in [-0.39, 0.29) is 16.8 Å². The van der Waals surface area contributed by atoms with E-state index in [1.54, 1.807) is 12.1 Å². The summed E-state index contributed by atoms with van der Waals surface area (Å²) in [6.45, 7) is 0. The summed E-state index contributed by atoms with van der Waals surface area (Å²) in [5, 5.41) is 12.1. The van der Waals surface area contributed by atoms with E-state index in [2.05, 4.69) is 15.4 Å². The van der Waals surface area contributed by atoms with E-state index < -0.39 is 15.9 Å². The molecule has 0 atom stereocenters. The van der Waals surface area contributed by atoms with Gasteiger partial charge in [0.15, 0.2) is 0 Å². The Morgan fingerprint density at radius 2 is 1.48 bits per heavy atom. The van der Waals surface area contributed by atoms with Gasteiger partial charge in [0.25, 0.3) is 5.91 Å². The second-order valence-electron chi connectivity index (χ2n) is 6.65. The molecule has 0 aliphatic heterocycles. The molecule has 0 aliphatic carbocycles. The van der Waals surface area contributed by atoms with Gasteiger partial charge in [-0.2, -0.15) is 9.67 Å². The number of hydrogen-bond acceptors (Lipinski definition) is 7. The lowest BCUT2D eigenvalue weighted by atomic mass is 10.0. The van der Waals surface area contributed by atoms with Crippen molar-refractivity contribution in [1.29, 1.82) is 0 Å². The van der Waals surface area contributed by atoms with Crippen LogP contribution >= 0.6 is 0 Å². The van der Waals surface area contributed by atoms with Gasteiger partial charge >= 0.3 is 0 Å². The Morgan fingerprint density at radius 3 is 2.10 bits per heavy atom. The van der Waals surface area contributed by atoms with Crippen LogP contribution in [-0.4, -0.2) is 29.1 Å². The Morgan fingerprint density at radius 1 is 0.871 bits per heavy atom. The third kappa shape index (κ3) is 4.44. The van der Waals surface area contributed by atoms with E-state index >= 15 is 0 Å². The van der Waals surface area contributed by atoms with E-state index in [1.165, 1.54) is 24.3 Å². The maximum atomic E-state index is 12.8. The topological polar surface area (TPSA) is 146 Å². The molecule has 0 amide bonds. The molecule has 4 aromatic rings. The Balaban J connectivity index is 1.52. The van der Waals surface area contributed by atoms with Gasteiger partial charge in [0.05, 0.1) is 4.90 Å². The molecule has 31 heavy (non-hydrogen) atoms. The fraction of sp³-hybridized carbons (Fsp3) is 0. The van der Waals surface area contributed by atoms with Crippen molar-refractivity contribution >= 4 is 33.5 Å². The maximum Gasteiger partial charge on any atom is 0.281 e. The minimum absolute atomic E-state index is 0.0230. The molecular formula is C21H18N6O3S. The van der Waals surface area contributed by atoms with Crippen molar-refractivity contribution < 1.29 is 13.2 Å². The molecular weight excluding hydrogens is 416 g/mol. The summed E-state index contributed by atoms with van der Waals surface area (Å²) >= 11 is 0. The number of nitrogens with zero attached hydrogens (tertiary/aromatic N) is 3. The smallest absolute Gasteiger partial charge is 0.281 e. The summed E-state index contributed by atoms with van der Waals surface area (Å²) in [5.41, 5.74) is 8.80. The molecule has 0 radical (unpaired) electrons. The molecule has 0 saturated carbocycles. The number of nitrogen functional groups attached to an aromatic ring is 1. The minimum Gasteiger partial charge on any atom is -0.368 e. The van der Waals surface area contributed by atoms with Crippen molar-refractivity contribution in [2.75, 3.05) is 11.1 Å². The van der Waals surface area contributed by atoms with Crippen molar-refractivity contribution in [1.82, 2.24) is 14.8 Å². The number of anilines is 3. The van der Waals surface area contributed by atoms with Gasteiger partial charge in [0, 0.05) is 11.3 Å².